The van der Waals surface area contributed by atoms with Gasteiger partial charge < -0.3 is 20.3 Å². The van der Waals surface area contributed by atoms with Gasteiger partial charge in [-0.2, -0.15) is 0 Å². The maximum Gasteiger partial charge on any atom is 0.119 e. The zero-order valence-corrected chi connectivity index (χ0v) is 13.4. The molecule has 1 aromatic rings. The molecule has 0 radical (unpaired) electrons. The highest BCUT2D eigenvalue weighted by Crippen LogP contribution is 2.16. The Morgan fingerprint density at radius 2 is 1.81 bits per heavy atom. The Morgan fingerprint density at radius 1 is 1.14 bits per heavy atom. The minimum atomic E-state index is 0.534. The van der Waals surface area contributed by atoms with Gasteiger partial charge in [-0.05, 0) is 50.6 Å². The van der Waals surface area contributed by atoms with E-state index in [0.717, 1.165) is 38.3 Å². The summed E-state index contributed by atoms with van der Waals surface area (Å²) < 4.78 is 5.49. The third-order valence-electron chi connectivity index (χ3n) is 4.20. The summed E-state index contributed by atoms with van der Waals surface area (Å²) in [6.07, 6.45) is 1.05. The fraction of sp³-hybridized carbons (Fsp3) is 0.647. The number of nitrogens with zero attached hydrogens (tertiary/aromatic N) is 2. The van der Waals surface area contributed by atoms with Gasteiger partial charge in [0.2, 0.25) is 0 Å². The molecule has 0 aromatic heterocycles. The van der Waals surface area contributed by atoms with E-state index in [-0.39, 0.29) is 0 Å². The highest BCUT2D eigenvalue weighted by atomic mass is 16.5. The number of nitrogens with two attached hydrogens (primary N) is 1. The SMILES string of the molecule is CCOc1ccc(CC(CN)CN2CCN(C)CC2)cc1. The molecule has 0 bridgehead atoms. The lowest BCUT2D eigenvalue weighted by atomic mass is 9.98. The molecule has 118 valence electrons. The van der Waals surface area contributed by atoms with Crippen LogP contribution in [0, 0.1) is 5.92 Å². The third kappa shape index (κ3) is 5.30. The van der Waals surface area contributed by atoms with Crippen LogP contribution >= 0.6 is 0 Å². The van der Waals surface area contributed by atoms with Crippen molar-refractivity contribution >= 4 is 0 Å². The van der Waals surface area contributed by atoms with E-state index in [4.69, 9.17) is 10.5 Å². The molecular formula is C17H29N3O. The minimum absolute atomic E-state index is 0.534. The highest BCUT2D eigenvalue weighted by Gasteiger charge is 2.17. The monoisotopic (exact) mass is 291 g/mol. The molecule has 21 heavy (non-hydrogen) atoms. The first-order valence-corrected chi connectivity index (χ1v) is 8.04. The number of likely N-dealkylation sites (N-methyl/N-ethyl adjacent to an activating group) is 1. The van der Waals surface area contributed by atoms with Crippen LogP contribution < -0.4 is 10.5 Å². The summed E-state index contributed by atoms with van der Waals surface area (Å²) in [5, 5.41) is 0. The van der Waals surface area contributed by atoms with Crippen molar-refractivity contribution in [1.82, 2.24) is 9.80 Å². The molecule has 1 aliphatic heterocycles. The maximum atomic E-state index is 5.98. The summed E-state index contributed by atoms with van der Waals surface area (Å²) in [7, 11) is 2.19. The Labute approximate surface area is 128 Å². The average molecular weight is 291 g/mol. The number of ether oxygens (including phenoxy) is 1. The lowest BCUT2D eigenvalue weighted by molar-refractivity contribution is 0.137. The van der Waals surface area contributed by atoms with Crippen molar-refractivity contribution in [2.24, 2.45) is 11.7 Å². The molecule has 2 N–H and O–H groups in total. The van der Waals surface area contributed by atoms with Crippen LogP contribution in [0.3, 0.4) is 0 Å². The van der Waals surface area contributed by atoms with E-state index in [1.165, 1.54) is 18.7 Å². The zero-order valence-electron chi connectivity index (χ0n) is 13.4. The molecule has 2 rings (SSSR count). The van der Waals surface area contributed by atoms with Gasteiger partial charge in [0, 0.05) is 32.7 Å². The summed E-state index contributed by atoms with van der Waals surface area (Å²) in [5.74, 6) is 1.48. The quantitative estimate of drug-likeness (QED) is 0.825. The van der Waals surface area contributed by atoms with Crippen molar-refractivity contribution in [3.05, 3.63) is 29.8 Å². The fourth-order valence-corrected chi connectivity index (χ4v) is 2.84. The Kier molecular flexibility index (Phi) is 6.49. The van der Waals surface area contributed by atoms with E-state index in [2.05, 4.69) is 41.1 Å². The Balaban J connectivity index is 1.83. The van der Waals surface area contributed by atoms with Crippen LogP contribution in [-0.4, -0.2) is 62.7 Å². The molecule has 0 amide bonds. The zero-order chi connectivity index (χ0) is 15.1. The number of hydrogen-bond acceptors (Lipinski definition) is 4. The summed E-state index contributed by atoms with van der Waals surface area (Å²) in [6, 6.07) is 8.44. The summed E-state index contributed by atoms with van der Waals surface area (Å²) in [6.45, 7) is 9.24. The predicted octanol–water partition coefficient (Wildman–Crippen LogP) is 1.45. The molecule has 0 aliphatic carbocycles. The van der Waals surface area contributed by atoms with Crippen LogP contribution in [0.2, 0.25) is 0 Å². The third-order valence-corrected chi connectivity index (χ3v) is 4.20. The average Bonchev–Trinajstić information content (AvgIpc) is 2.51. The summed E-state index contributed by atoms with van der Waals surface area (Å²) in [5.41, 5.74) is 7.33. The molecular weight excluding hydrogens is 262 g/mol. The molecule has 0 spiro atoms. The van der Waals surface area contributed by atoms with Gasteiger partial charge in [0.25, 0.3) is 0 Å². The van der Waals surface area contributed by atoms with Crippen LogP contribution in [0.25, 0.3) is 0 Å². The van der Waals surface area contributed by atoms with Gasteiger partial charge in [-0.3, -0.25) is 0 Å². The Hall–Kier alpha value is -1.10. The second kappa shape index (κ2) is 8.37. The molecule has 1 aliphatic rings. The first-order valence-electron chi connectivity index (χ1n) is 8.04. The van der Waals surface area contributed by atoms with E-state index in [9.17, 15) is 0 Å². The van der Waals surface area contributed by atoms with Gasteiger partial charge in [-0.15, -0.1) is 0 Å². The van der Waals surface area contributed by atoms with E-state index >= 15 is 0 Å². The van der Waals surface area contributed by atoms with Crippen molar-refractivity contribution in [3.63, 3.8) is 0 Å². The van der Waals surface area contributed by atoms with Gasteiger partial charge in [0.05, 0.1) is 6.61 Å². The van der Waals surface area contributed by atoms with Crippen molar-refractivity contribution in [3.8, 4) is 5.75 Å². The smallest absolute Gasteiger partial charge is 0.119 e. The van der Waals surface area contributed by atoms with Crippen LogP contribution in [0.4, 0.5) is 0 Å². The number of benzene rings is 1. The van der Waals surface area contributed by atoms with Gasteiger partial charge in [0.1, 0.15) is 5.75 Å². The molecule has 1 atom stereocenters. The van der Waals surface area contributed by atoms with Crippen molar-refractivity contribution in [2.45, 2.75) is 13.3 Å². The first-order chi connectivity index (χ1) is 10.2. The highest BCUT2D eigenvalue weighted by molar-refractivity contribution is 5.27. The van der Waals surface area contributed by atoms with Gasteiger partial charge in [-0.1, -0.05) is 12.1 Å². The van der Waals surface area contributed by atoms with E-state index < -0.39 is 0 Å². The normalized spacial score (nSPS) is 18.6. The lowest BCUT2D eigenvalue weighted by Crippen LogP contribution is -2.47. The van der Waals surface area contributed by atoms with Crippen molar-refractivity contribution < 1.29 is 4.74 Å². The molecule has 4 nitrogen and oxygen atoms in total. The second-order valence-corrected chi connectivity index (χ2v) is 5.99. The maximum absolute atomic E-state index is 5.98. The number of hydrogen-bond donors (Lipinski definition) is 1. The van der Waals surface area contributed by atoms with Crippen LogP contribution in [-0.2, 0) is 6.42 Å². The van der Waals surface area contributed by atoms with E-state index in [1.54, 1.807) is 0 Å². The second-order valence-electron chi connectivity index (χ2n) is 5.99. The van der Waals surface area contributed by atoms with Crippen molar-refractivity contribution in [1.29, 1.82) is 0 Å². The topological polar surface area (TPSA) is 41.7 Å². The Bertz CT molecular complexity index is 399. The molecule has 1 unspecified atom stereocenters. The van der Waals surface area contributed by atoms with Gasteiger partial charge >= 0.3 is 0 Å². The standard InChI is InChI=1S/C17H29N3O/c1-3-21-17-6-4-15(5-7-17)12-16(13-18)14-20-10-8-19(2)9-11-20/h4-7,16H,3,8-14,18H2,1-2H3. The van der Waals surface area contributed by atoms with Gasteiger partial charge in [-0.25, -0.2) is 0 Å². The van der Waals surface area contributed by atoms with E-state index in [1.807, 2.05) is 6.92 Å². The van der Waals surface area contributed by atoms with E-state index in [0.29, 0.717) is 12.5 Å². The summed E-state index contributed by atoms with van der Waals surface area (Å²) in [4.78, 5) is 4.94. The molecule has 1 saturated heterocycles. The fourth-order valence-electron chi connectivity index (χ4n) is 2.84. The van der Waals surface area contributed by atoms with Crippen LogP contribution in [0.5, 0.6) is 5.75 Å². The molecule has 4 heteroatoms. The minimum Gasteiger partial charge on any atom is -0.494 e. The predicted molar refractivity (Wildman–Crippen MR) is 87.8 cm³/mol. The molecule has 1 fully saturated rings. The summed E-state index contributed by atoms with van der Waals surface area (Å²) >= 11 is 0. The molecule has 1 heterocycles. The van der Waals surface area contributed by atoms with Crippen molar-refractivity contribution in [2.75, 3.05) is 52.9 Å². The molecule has 0 saturated carbocycles. The first kappa shape index (κ1) is 16.3. The molecule has 1 aromatic carbocycles. The van der Waals surface area contributed by atoms with Gasteiger partial charge in [0.15, 0.2) is 0 Å². The number of rotatable bonds is 7. The Morgan fingerprint density at radius 3 is 2.38 bits per heavy atom. The largest absolute Gasteiger partial charge is 0.494 e. The van der Waals surface area contributed by atoms with Crippen LogP contribution in [0.15, 0.2) is 24.3 Å². The number of piperazine rings is 1. The lowest BCUT2D eigenvalue weighted by Gasteiger charge is -2.34. The van der Waals surface area contributed by atoms with Crippen LogP contribution in [0.1, 0.15) is 12.5 Å².